The minimum absolute atomic E-state index is 0.0427. The van der Waals surface area contributed by atoms with Gasteiger partial charge in [-0.25, -0.2) is 4.79 Å². The topological polar surface area (TPSA) is 123 Å². The third kappa shape index (κ3) is 5.12. The number of thiophene rings is 1. The van der Waals surface area contributed by atoms with Crippen molar-refractivity contribution in [1.29, 1.82) is 0 Å². The van der Waals surface area contributed by atoms with Crippen LogP contribution >= 0.6 is 11.3 Å². The molecule has 0 radical (unpaired) electrons. The third-order valence-corrected chi connectivity index (χ3v) is 4.25. The lowest BCUT2D eigenvalue weighted by atomic mass is 10.0. The van der Waals surface area contributed by atoms with Crippen LogP contribution in [0.4, 0.5) is 11.9 Å². The number of rotatable bonds is 7. The van der Waals surface area contributed by atoms with E-state index in [2.05, 4.69) is 20.3 Å². The number of nitrogens with zero attached hydrogens (tertiary/aromatic N) is 4. The number of ether oxygens (including phenoxy) is 1. The van der Waals surface area contributed by atoms with Crippen molar-refractivity contribution in [1.82, 2.24) is 20.3 Å². The Kier molecular flexibility index (Phi) is 6.45. The van der Waals surface area contributed by atoms with Crippen LogP contribution in [0.25, 0.3) is 0 Å². The lowest BCUT2D eigenvalue weighted by Gasteiger charge is -2.20. The molecule has 1 atom stereocenters. The number of esters is 1. The smallest absolute Gasteiger partial charge is 0.329 e. The van der Waals surface area contributed by atoms with Crippen LogP contribution in [0, 0.1) is 5.92 Å². The van der Waals surface area contributed by atoms with Crippen LogP contribution in [0.15, 0.2) is 17.5 Å². The van der Waals surface area contributed by atoms with Crippen molar-refractivity contribution in [2.24, 2.45) is 5.92 Å². The van der Waals surface area contributed by atoms with E-state index < -0.39 is 12.0 Å². The molecule has 0 fully saturated rings. The van der Waals surface area contributed by atoms with E-state index in [1.54, 1.807) is 36.5 Å². The number of amides is 1. The lowest BCUT2D eigenvalue weighted by molar-refractivity contribution is -0.148. The van der Waals surface area contributed by atoms with Gasteiger partial charge in [0, 0.05) is 14.1 Å². The van der Waals surface area contributed by atoms with E-state index in [0.29, 0.717) is 10.8 Å². The quantitative estimate of drug-likeness (QED) is 0.686. The Hall–Kier alpha value is -2.75. The zero-order chi connectivity index (χ0) is 19.3. The highest BCUT2D eigenvalue weighted by Crippen LogP contribution is 2.12. The van der Waals surface area contributed by atoms with Gasteiger partial charge in [-0.3, -0.25) is 4.79 Å². The van der Waals surface area contributed by atoms with Crippen LogP contribution in [0.1, 0.15) is 29.3 Å². The summed E-state index contributed by atoms with van der Waals surface area (Å²) in [5.41, 5.74) is 5.65. The molecule has 3 N–H and O–H groups in total. The first-order valence-corrected chi connectivity index (χ1v) is 8.84. The molecule has 0 saturated carbocycles. The molecule has 9 nitrogen and oxygen atoms in total. The average molecular weight is 378 g/mol. The van der Waals surface area contributed by atoms with Gasteiger partial charge in [-0.1, -0.05) is 19.9 Å². The molecule has 0 spiro atoms. The molecule has 0 aliphatic heterocycles. The molecule has 0 aliphatic carbocycles. The maximum Gasteiger partial charge on any atom is 0.329 e. The van der Waals surface area contributed by atoms with Crippen molar-refractivity contribution in [3.05, 3.63) is 28.2 Å². The van der Waals surface area contributed by atoms with Gasteiger partial charge >= 0.3 is 5.97 Å². The molecule has 1 amide bonds. The number of nitrogens with two attached hydrogens (primary N) is 1. The van der Waals surface area contributed by atoms with Gasteiger partial charge in [0.2, 0.25) is 11.9 Å². The summed E-state index contributed by atoms with van der Waals surface area (Å²) < 4.78 is 5.28. The highest BCUT2D eigenvalue weighted by atomic mass is 32.1. The van der Waals surface area contributed by atoms with Crippen LogP contribution in [0.5, 0.6) is 0 Å². The number of anilines is 2. The summed E-state index contributed by atoms with van der Waals surface area (Å²) in [7, 11) is 3.53. The molecular formula is C16H22N6O3S. The molecule has 0 aliphatic rings. The van der Waals surface area contributed by atoms with E-state index >= 15 is 0 Å². The fourth-order valence-corrected chi connectivity index (χ4v) is 2.66. The van der Waals surface area contributed by atoms with Crippen LogP contribution in [-0.4, -0.2) is 47.0 Å². The van der Waals surface area contributed by atoms with Crippen LogP contribution in [0.2, 0.25) is 0 Å². The summed E-state index contributed by atoms with van der Waals surface area (Å²) in [4.78, 5) is 38.9. The molecule has 2 rings (SSSR count). The van der Waals surface area contributed by atoms with Crippen molar-refractivity contribution in [3.8, 4) is 0 Å². The van der Waals surface area contributed by atoms with Crippen molar-refractivity contribution < 1.29 is 14.3 Å². The van der Waals surface area contributed by atoms with Gasteiger partial charge < -0.3 is 20.7 Å². The summed E-state index contributed by atoms with van der Waals surface area (Å²) in [5.74, 6) is -0.366. The normalized spacial score (nSPS) is 11.9. The van der Waals surface area contributed by atoms with E-state index in [9.17, 15) is 9.59 Å². The first-order chi connectivity index (χ1) is 12.3. The van der Waals surface area contributed by atoms with E-state index in [0.717, 1.165) is 0 Å². The summed E-state index contributed by atoms with van der Waals surface area (Å²) in [5, 5.41) is 4.50. The Morgan fingerprint density at radius 1 is 1.31 bits per heavy atom. The van der Waals surface area contributed by atoms with E-state index in [-0.39, 0.29) is 30.2 Å². The molecule has 2 aromatic heterocycles. The molecule has 10 heteroatoms. The van der Waals surface area contributed by atoms with Crippen LogP contribution < -0.4 is 16.0 Å². The highest BCUT2D eigenvalue weighted by Gasteiger charge is 2.26. The van der Waals surface area contributed by atoms with Gasteiger partial charge in [-0.05, 0) is 17.4 Å². The van der Waals surface area contributed by atoms with Crippen molar-refractivity contribution in [2.75, 3.05) is 24.7 Å². The largest absolute Gasteiger partial charge is 0.456 e. The minimum atomic E-state index is -0.780. The summed E-state index contributed by atoms with van der Waals surface area (Å²) >= 11 is 1.30. The monoisotopic (exact) mass is 378 g/mol. The number of hydrogen-bond acceptors (Lipinski definition) is 9. The number of hydrogen-bond donors (Lipinski definition) is 2. The van der Waals surface area contributed by atoms with Gasteiger partial charge in [-0.2, -0.15) is 15.0 Å². The van der Waals surface area contributed by atoms with Gasteiger partial charge in [0.05, 0.1) is 4.88 Å². The SMILES string of the molecule is CC(C)C(NC(=O)c1cccs1)C(=O)OCc1nc(N)nc(N(C)C)n1. The Morgan fingerprint density at radius 3 is 2.62 bits per heavy atom. The first kappa shape index (κ1) is 19.6. The maximum atomic E-state index is 12.4. The molecule has 26 heavy (non-hydrogen) atoms. The van der Waals surface area contributed by atoms with Crippen molar-refractivity contribution in [3.63, 3.8) is 0 Å². The fraction of sp³-hybridized carbons (Fsp3) is 0.438. The van der Waals surface area contributed by atoms with Crippen molar-refractivity contribution >= 4 is 35.1 Å². The second-order valence-corrected chi connectivity index (χ2v) is 7.03. The molecule has 0 bridgehead atoms. The predicted octanol–water partition coefficient (Wildman–Crippen LogP) is 1.08. The van der Waals surface area contributed by atoms with E-state index in [1.165, 1.54) is 11.3 Å². The maximum absolute atomic E-state index is 12.4. The Bertz CT molecular complexity index is 763. The number of aromatic nitrogens is 3. The second kappa shape index (κ2) is 8.56. The minimum Gasteiger partial charge on any atom is -0.456 e. The number of carbonyl (C=O) groups excluding carboxylic acids is 2. The molecule has 140 valence electrons. The van der Waals surface area contributed by atoms with Crippen molar-refractivity contribution in [2.45, 2.75) is 26.5 Å². The Labute approximate surface area is 155 Å². The number of nitrogens with one attached hydrogen (secondary N) is 1. The predicted molar refractivity (Wildman–Crippen MR) is 98.8 cm³/mol. The second-order valence-electron chi connectivity index (χ2n) is 6.08. The Morgan fingerprint density at radius 2 is 2.04 bits per heavy atom. The summed E-state index contributed by atoms with van der Waals surface area (Å²) in [6, 6.07) is 2.69. The first-order valence-electron chi connectivity index (χ1n) is 7.96. The highest BCUT2D eigenvalue weighted by molar-refractivity contribution is 7.12. The van der Waals surface area contributed by atoms with Gasteiger partial charge in [0.1, 0.15) is 6.04 Å². The van der Waals surface area contributed by atoms with E-state index in [1.807, 2.05) is 13.8 Å². The zero-order valence-corrected chi connectivity index (χ0v) is 15.9. The number of nitrogen functional groups attached to an aromatic ring is 1. The lowest BCUT2D eigenvalue weighted by Crippen LogP contribution is -2.45. The number of carbonyl (C=O) groups is 2. The molecule has 2 aromatic rings. The van der Waals surface area contributed by atoms with Crippen LogP contribution in [-0.2, 0) is 16.1 Å². The summed E-state index contributed by atoms with van der Waals surface area (Å²) in [6.45, 7) is 3.49. The zero-order valence-electron chi connectivity index (χ0n) is 15.1. The summed E-state index contributed by atoms with van der Waals surface area (Å²) in [6.07, 6.45) is 0. The molecule has 0 aromatic carbocycles. The van der Waals surface area contributed by atoms with Gasteiger partial charge in [-0.15, -0.1) is 11.3 Å². The van der Waals surface area contributed by atoms with Crippen LogP contribution in [0.3, 0.4) is 0 Å². The van der Waals surface area contributed by atoms with E-state index in [4.69, 9.17) is 10.5 Å². The molecular weight excluding hydrogens is 356 g/mol. The van der Waals surface area contributed by atoms with Gasteiger partial charge in [0.15, 0.2) is 12.4 Å². The average Bonchev–Trinajstić information content (AvgIpc) is 3.11. The molecule has 1 unspecified atom stereocenters. The fourth-order valence-electron chi connectivity index (χ4n) is 2.03. The van der Waals surface area contributed by atoms with Gasteiger partial charge in [0.25, 0.3) is 5.91 Å². The molecule has 2 heterocycles. The Balaban J connectivity index is 2.03. The standard InChI is InChI=1S/C16H22N6O3S/c1-9(2)12(20-13(23)10-6-5-7-26-10)14(24)25-8-11-18-15(17)21-16(19-11)22(3)4/h5-7,9,12H,8H2,1-4H3,(H,20,23)(H2,17,18,19,21). The molecule has 0 saturated heterocycles. The third-order valence-electron chi connectivity index (χ3n) is 3.38.